The van der Waals surface area contributed by atoms with E-state index >= 15 is 0 Å². The first-order valence-corrected chi connectivity index (χ1v) is 13.5. The fraction of sp³-hybridized carbons (Fsp3) is 0.444. The highest BCUT2D eigenvalue weighted by molar-refractivity contribution is 7.18. The SMILES string of the molecule is CCCCN(C(=O)c1ccccc1Cl)c1nnc(-c2cc(C)cc(C)c2OCC2CCNCC2)s1. The molecule has 0 spiro atoms. The number of hydrogen-bond acceptors (Lipinski definition) is 6. The smallest absolute Gasteiger partial charge is 0.261 e. The Morgan fingerprint density at radius 2 is 1.97 bits per heavy atom. The van der Waals surface area contributed by atoms with E-state index in [4.69, 9.17) is 16.3 Å². The van der Waals surface area contributed by atoms with Gasteiger partial charge in [-0.25, -0.2) is 0 Å². The van der Waals surface area contributed by atoms with Crippen LogP contribution in [0.15, 0.2) is 36.4 Å². The Kier molecular flexibility index (Phi) is 8.76. The molecule has 0 unspecified atom stereocenters. The van der Waals surface area contributed by atoms with Crippen molar-refractivity contribution >= 4 is 34.0 Å². The summed E-state index contributed by atoms with van der Waals surface area (Å²) in [5, 5.41) is 14.1. The highest BCUT2D eigenvalue weighted by Crippen LogP contribution is 2.38. The number of benzene rings is 2. The van der Waals surface area contributed by atoms with Crippen LogP contribution in [0.25, 0.3) is 10.6 Å². The average Bonchev–Trinajstić information content (AvgIpc) is 3.34. The van der Waals surface area contributed by atoms with E-state index in [-0.39, 0.29) is 5.91 Å². The number of aryl methyl sites for hydroxylation is 2. The van der Waals surface area contributed by atoms with Crippen LogP contribution >= 0.6 is 22.9 Å². The molecule has 1 aliphatic rings. The lowest BCUT2D eigenvalue weighted by atomic mass is 9.99. The molecule has 35 heavy (non-hydrogen) atoms. The molecule has 0 atom stereocenters. The van der Waals surface area contributed by atoms with E-state index in [2.05, 4.69) is 48.4 Å². The van der Waals surface area contributed by atoms with E-state index in [9.17, 15) is 4.79 Å². The van der Waals surface area contributed by atoms with E-state index < -0.39 is 0 Å². The number of ether oxygens (including phenoxy) is 1. The zero-order chi connectivity index (χ0) is 24.8. The lowest BCUT2D eigenvalue weighted by Crippen LogP contribution is -2.32. The fourth-order valence-corrected chi connectivity index (χ4v) is 5.47. The number of hydrogen-bond donors (Lipinski definition) is 1. The molecule has 1 saturated heterocycles. The van der Waals surface area contributed by atoms with Crippen molar-refractivity contribution in [3.8, 4) is 16.3 Å². The van der Waals surface area contributed by atoms with Crippen LogP contribution in [-0.4, -0.2) is 42.3 Å². The Morgan fingerprint density at radius 3 is 2.71 bits per heavy atom. The molecule has 1 aromatic heterocycles. The Morgan fingerprint density at radius 1 is 1.20 bits per heavy atom. The molecule has 1 aliphatic heterocycles. The molecule has 2 aromatic carbocycles. The number of nitrogens with one attached hydrogen (secondary N) is 1. The van der Waals surface area contributed by atoms with Crippen molar-refractivity contribution in [3.05, 3.63) is 58.1 Å². The maximum atomic E-state index is 13.4. The van der Waals surface area contributed by atoms with Crippen LogP contribution < -0.4 is 15.0 Å². The zero-order valence-electron chi connectivity index (χ0n) is 20.6. The standard InChI is InChI=1S/C27H33ClN4O2S/c1-4-5-14-32(26(33)21-8-6-7-9-23(21)28)27-31-30-25(35-27)22-16-18(2)15-19(3)24(22)34-17-20-10-12-29-13-11-20/h6-9,15-16,20,29H,4-5,10-14,17H2,1-3H3. The summed E-state index contributed by atoms with van der Waals surface area (Å²) < 4.78 is 6.40. The molecule has 1 fully saturated rings. The quantitative estimate of drug-likeness (QED) is 0.364. The number of aromatic nitrogens is 2. The third kappa shape index (κ3) is 6.21. The van der Waals surface area contributed by atoms with Crippen LogP contribution in [0.1, 0.15) is 54.1 Å². The maximum Gasteiger partial charge on any atom is 0.261 e. The van der Waals surface area contributed by atoms with Crippen molar-refractivity contribution in [1.29, 1.82) is 0 Å². The Bertz CT molecular complexity index is 1160. The predicted molar refractivity (Wildman–Crippen MR) is 144 cm³/mol. The number of piperidine rings is 1. The van der Waals surface area contributed by atoms with Gasteiger partial charge in [-0.2, -0.15) is 0 Å². The predicted octanol–water partition coefficient (Wildman–Crippen LogP) is 6.30. The van der Waals surface area contributed by atoms with E-state index in [1.807, 2.05) is 12.1 Å². The number of rotatable bonds is 9. The second-order valence-corrected chi connectivity index (χ2v) is 10.5. The van der Waals surface area contributed by atoms with Crippen LogP contribution in [0.5, 0.6) is 5.75 Å². The van der Waals surface area contributed by atoms with Crippen LogP contribution in [0, 0.1) is 19.8 Å². The molecule has 3 aromatic rings. The normalized spacial score (nSPS) is 14.2. The van der Waals surface area contributed by atoms with Gasteiger partial charge in [0.15, 0.2) is 5.01 Å². The number of carbonyl (C=O) groups is 1. The van der Waals surface area contributed by atoms with Gasteiger partial charge in [-0.1, -0.05) is 54.5 Å². The zero-order valence-corrected chi connectivity index (χ0v) is 22.2. The number of amides is 1. The summed E-state index contributed by atoms with van der Waals surface area (Å²) >= 11 is 7.76. The highest BCUT2D eigenvalue weighted by Gasteiger charge is 2.25. The molecule has 1 amide bonds. The van der Waals surface area contributed by atoms with Crippen LogP contribution in [0.2, 0.25) is 5.02 Å². The molecule has 1 N–H and O–H groups in total. The van der Waals surface area contributed by atoms with Gasteiger partial charge in [0.25, 0.3) is 5.91 Å². The van der Waals surface area contributed by atoms with Crippen molar-refractivity contribution in [1.82, 2.24) is 15.5 Å². The van der Waals surface area contributed by atoms with Gasteiger partial charge < -0.3 is 10.1 Å². The van der Waals surface area contributed by atoms with Crippen LogP contribution in [0.3, 0.4) is 0 Å². The van der Waals surface area contributed by atoms with Crippen LogP contribution in [0.4, 0.5) is 5.13 Å². The molecule has 0 aliphatic carbocycles. The van der Waals surface area contributed by atoms with Gasteiger partial charge in [-0.15, -0.1) is 10.2 Å². The van der Waals surface area contributed by atoms with Crippen molar-refractivity contribution < 1.29 is 9.53 Å². The van der Waals surface area contributed by atoms with E-state index in [1.54, 1.807) is 17.0 Å². The maximum absolute atomic E-state index is 13.4. The minimum atomic E-state index is -0.158. The van der Waals surface area contributed by atoms with Gasteiger partial charge in [0.05, 0.1) is 22.8 Å². The number of unbranched alkanes of at least 4 members (excludes halogenated alkanes) is 1. The first-order chi connectivity index (χ1) is 17.0. The largest absolute Gasteiger partial charge is 0.492 e. The van der Waals surface area contributed by atoms with Crippen molar-refractivity contribution in [2.24, 2.45) is 5.92 Å². The summed E-state index contributed by atoms with van der Waals surface area (Å²) in [4.78, 5) is 15.1. The second-order valence-electron chi connectivity index (χ2n) is 9.14. The number of nitrogens with zero attached hydrogens (tertiary/aromatic N) is 3. The van der Waals surface area contributed by atoms with Gasteiger partial charge in [0, 0.05) is 6.54 Å². The number of anilines is 1. The topological polar surface area (TPSA) is 67.4 Å². The average molecular weight is 513 g/mol. The minimum Gasteiger partial charge on any atom is -0.492 e. The third-order valence-corrected chi connectivity index (χ3v) is 7.61. The summed E-state index contributed by atoms with van der Waals surface area (Å²) in [6.07, 6.45) is 4.07. The Labute approximate surface area is 216 Å². The molecular weight excluding hydrogens is 480 g/mol. The fourth-order valence-electron chi connectivity index (χ4n) is 4.37. The van der Waals surface area contributed by atoms with Crippen molar-refractivity contribution in [3.63, 3.8) is 0 Å². The number of carbonyl (C=O) groups excluding carboxylic acids is 1. The first-order valence-electron chi connectivity index (χ1n) is 12.3. The first kappa shape index (κ1) is 25.6. The van der Waals surface area contributed by atoms with Crippen molar-refractivity contribution in [2.45, 2.75) is 46.5 Å². The summed E-state index contributed by atoms with van der Waals surface area (Å²) in [7, 11) is 0. The van der Waals surface area contributed by atoms with Gasteiger partial charge in [-0.3, -0.25) is 9.69 Å². The summed E-state index contributed by atoms with van der Waals surface area (Å²) in [5.41, 5.74) is 3.62. The molecule has 2 heterocycles. The van der Waals surface area contributed by atoms with Gasteiger partial charge >= 0.3 is 0 Å². The molecule has 186 valence electrons. The van der Waals surface area contributed by atoms with Crippen molar-refractivity contribution in [2.75, 3.05) is 31.1 Å². The Balaban J connectivity index is 1.63. The molecule has 0 radical (unpaired) electrons. The lowest BCUT2D eigenvalue weighted by Gasteiger charge is -2.24. The number of halogens is 1. The summed E-state index contributed by atoms with van der Waals surface area (Å²) in [5.74, 6) is 1.25. The molecule has 6 nitrogen and oxygen atoms in total. The van der Waals surface area contributed by atoms with E-state index in [0.717, 1.165) is 66.2 Å². The summed E-state index contributed by atoms with van der Waals surface area (Å²) in [6.45, 7) is 9.58. The van der Waals surface area contributed by atoms with Gasteiger partial charge in [-0.05, 0) is 81.4 Å². The Hall–Kier alpha value is -2.48. The molecule has 4 rings (SSSR count). The second kappa shape index (κ2) is 12.0. The molecule has 0 saturated carbocycles. The molecular formula is C27H33ClN4O2S. The van der Waals surface area contributed by atoms with E-state index in [1.165, 1.54) is 11.3 Å². The summed E-state index contributed by atoms with van der Waals surface area (Å²) in [6, 6.07) is 11.4. The molecule has 8 heteroatoms. The monoisotopic (exact) mass is 512 g/mol. The molecule has 0 bridgehead atoms. The van der Waals surface area contributed by atoms with Gasteiger partial charge in [0.2, 0.25) is 5.13 Å². The lowest BCUT2D eigenvalue weighted by molar-refractivity contribution is 0.0986. The third-order valence-electron chi connectivity index (χ3n) is 6.30. The van der Waals surface area contributed by atoms with E-state index in [0.29, 0.717) is 34.8 Å². The highest BCUT2D eigenvalue weighted by atomic mass is 35.5. The van der Waals surface area contributed by atoms with Crippen LogP contribution in [-0.2, 0) is 0 Å². The van der Waals surface area contributed by atoms with Gasteiger partial charge in [0.1, 0.15) is 5.75 Å². The minimum absolute atomic E-state index is 0.158.